The van der Waals surface area contributed by atoms with E-state index in [4.69, 9.17) is 12.2 Å². The van der Waals surface area contributed by atoms with Crippen molar-refractivity contribution in [2.45, 2.75) is 6.92 Å². The molecule has 4 nitrogen and oxygen atoms in total. The van der Waals surface area contributed by atoms with Gasteiger partial charge < -0.3 is 4.98 Å². The van der Waals surface area contributed by atoms with Crippen LogP contribution in [0, 0.1) is 15.3 Å². The summed E-state index contributed by atoms with van der Waals surface area (Å²) >= 11 is 7.33. The number of hydrogen-bond acceptors (Lipinski definition) is 3. The van der Waals surface area contributed by atoms with Gasteiger partial charge in [-0.15, -0.1) is 0 Å². The quantitative estimate of drug-likeness (QED) is 0.481. The van der Waals surface area contributed by atoms with Crippen LogP contribution in [-0.2, 0) is 0 Å². The topological polar surface area (TPSA) is 54.9 Å². The average Bonchev–Trinajstić information content (AvgIpc) is 2.48. The Kier molecular flexibility index (Phi) is 3.96. The van der Waals surface area contributed by atoms with E-state index in [1.54, 1.807) is 24.3 Å². The summed E-state index contributed by atoms with van der Waals surface area (Å²) in [7, 11) is 0. The van der Waals surface area contributed by atoms with Crippen molar-refractivity contribution >= 4 is 51.6 Å². The molecule has 0 unspecified atom stereocenters. The fourth-order valence-electron chi connectivity index (χ4n) is 2.30. The molecule has 0 bridgehead atoms. The molecule has 0 aliphatic carbocycles. The molecule has 0 saturated carbocycles. The van der Waals surface area contributed by atoms with Gasteiger partial charge >= 0.3 is 0 Å². The lowest BCUT2D eigenvalue weighted by Crippen LogP contribution is -2.29. The zero-order valence-corrected chi connectivity index (χ0v) is 14.6. The lowest BCUT2D eigenvalue weighted by molar-refractivity contribution is 0.0953. The lowest BCUT2D eigenvalue weighted by Gasteiger charge is -2.09. The third-order valence-corrected chi connectivity index (χ3v) is 4.39. The third-order valence-electron chi connectivity index (χ3n) is 3.44. The minimum atomic E-state index is -0.412. The average molecular weight is 422 g/mol. The van der Waals surface area contributed by atoms with Gasteiger partial charge in [0.25, 0.3) is 11.5 Å². The van der Waals surface area contributed by atoms with Gasteiger partial charge in [0.15, 0.2) is 4.77 Å². The summed E-state index contributed by atoms with van der Waals surface area (Å²) in [5.41, 5.74) is 1.50. The van der Waals surface area contributed by atoms with Gasteiger partial charge in [-0.05, 0) is 71.6 Å². The van der Waals surface area contributed by atoms with Crippen molar-refractivity contribution in [1.82, 2.24) is 9.55 Å². The van der Waals surface area contributed by atoms with Gasteiger partial charge in [-0.1, -0.05) is 18.2 Å². The molecule has 0 amide bonds. The number of halogens is 1. The predicted octanol–water partition coefficient (Wildman–Crippen LogP) is 3.66. The number of nitrogens with zero attached hydrogens (tertiary/aromatic N) is 1. The second kappa shape index (κ2) is 5.77. The van der Waals surface area contributed by atoms with E-state index in [0.29, 0.717) is 16.5 Å². The van der Waals surface area contributed by atoms with E-state index in [0.717, 1.165) is 13.7 Å². The first-order valence-corrected chi connectivity index (χ1v) is 8.02. The molecule has 0 spiro atoms. The molecule has 3 rings (SSSR count). The maximum Gasteiger partial charge on any atom is 0.269 e. The van der Waals surface area contributed by atoms with Crippen molar-refractivity contribution in [2.24, 2.45) is 0 Å². The van der Waals surface area contributed by atoms with E-state index >= 15 is 0 Å². The van der Waals surface area contributed by atoms with Gasteiger partial charge in [-0.2, -0.15) is 0 Å². The molecule has 0 aliphatic heterocycles. The van der Waals surface area contributed by atoms with Crippen LogP contribution in [0.1, 0.15) is 15.9 Å². The van der Waals surface area contributed by atoms with Crippen LogP contribution < -0.4 is 5.56 Å². The van der Waals surface area contributed by atoms with Crippen molar-refractivity contribution in [1.29, 1.82) is 0 Å². The molecule has 1 heterocycles. The fourth-order valence-corrected chi connectivity index (χ4v) is 3.07. The van der Waals surface area contributed by atoms with Crippen LogP contribution in [0.3, 0.4) is 0 Å². The molecule has 3 aromatic rings. The highest BCUT2D eigenvalue weighted by Crippen LogP contribution is 2.14. The van der Waals surface area contributed by atoms with Crippen molar-refractivity contribution in [3.63, 3.8) is 0 Å². The number of rotatable bonds is 1. The van der Waals surface area contributed by atoms with Crippen LogP contribution in [0.25, 0.3) is 10.9 Å². The van der Waals surface area contributed by atoms with Crippen LogP contribution in [-0.4, -0.2) is 15.5 Å². The number of H-pyrrole nitrogens is 1. The van der Waals surface area contributed by atoms with E-state index < -0.39 is 11.5 Å². The van der Waals surface area contributed by atoms with Crippen molar-refractivity contribution in [2.75, 3.05) is 0 Å². The SMILES string of the molecule is Cc1ccccc1C(=O)n1c(=S)[nH]c2ccc(I)cc2c1=O. The number of aromatic nitrogens is 2. The Morgan fingerprint density at radius 3 is 2.68 bits per heavy atom. The van der Waals surface area contributed by atoms with E-state index in [9.17, 15) is 9.59 Å². The van der Waals surface area contributed by atoms with Crippen LogP contribution >= 0.6 is 34.8 Å². The first-order valence-electron chi connectivity index (χ1n) is 6.54. The number of aryl methyl sites for hydroxylation is 1. The summed E-state index contributed by atoms with van der Waals surface area (Å²) in [6, 6.07) is 12.5. The Hall–Kier alpha value is -1.80. The smallest absolute Gasteiger partial charge is 0.269 e. The maximum absolute atomic E-state index is 12.7. The Bertz CT molecular complexity index is 1020. The molecule has 1 aromatic heterocycles. The molecule has 1 N–H and O–H groups in total. The molecule has 2 aromatic carbocycles. The van der Waals surface area contributed by atoms with E-state index in [1.807, 2.05) is 25.1 Å². The zero-order valence-electron chi connectivity index (χ0n) is 11.6. The summed E-state index contributed by atoms with van der Waals surface area (Å²) < 4.78 is 2.05. The van der Waals surface area contributed by atoms with Gasteiger partial charge in [-0.3, -0.25) is 9.59 Å². The number of aromatic amines is 1. The number of hydrogen-bond donors (Lipinski definition) is 1. The normalized spacial score (nSPS) is 10.8. The number of fused-ring (bicyclic) bond motifs is 1. The molecular weight excluding hydrogens is 411 g/mol. The van der Waals surface area contributed by atoms with E-state index in [1.165, 1.54) is 0 Å². The number of carbonyl (C=O) groups excluding carboxylic acids is 1. The van der Waals surface area contributed by atoms with Gasteiger partial charge in [-0.25, -0.2) is 4.57 Å². The van der Waals surface area contributed by atoms with Crippen LogP contribution in [0.2, 0.25) is 0 Å². The standard InChI is InChI=1S/C16H11IN2O2S/c1-9-4-2-3-5-11(9)14(20)19-15(21)12-8-10(17)6-7-13(12)18-16(19)22/h2-8H,1H3,(H,18,22). The molecule has 110 valence electrons. The summed E-state index contributed by atoms with van der Waals surface area (Å²) in [5.74, 6) is -0.412. The number of nitrogens with one attached hydrogen (secondary N) is 1. The highest BCUT2D eigenvalue weighted by molar-refractivity contribution is 14.1. The molecule has 0 aliphatic rings. The van der Waals surface area contributed by atoms with Gasteiger partial charge in [0.2, 0.25) is 0 Å². The summed E-state index contributed by atoms with van der Waals surface area (Å²) in [6.07, 6.45) is 0. The molecule has 6 heteroatoms. The summed E-state index contributed by atoms with van der Waals surface area (Å²) in [6.45, 7) is 1.83. The van der Waals surface area contributed by atoms with Crippen molar-refractivity contribution in [3.8, 4) is 0 Å². The molecule has 0 radical (unpaired) electrons. The maximum atomic E-state index is 12.7. The Balaban J connectivity index is 2.32. The Morgan fingerprint density at radius 2 is 1.95 bits per heavy atom. The Morgan fingerprint density at radius 1 is 1.23 bits per heavy atom. The third kappa shape index (κ3) is 2.52. The highest BCUT2D eigenvalue weighted by Gasteiger charge is 2.16. The van der Waals surface area contributed by atoms with Gasteiger partial charge in [0, 0.05) is 9.13 Å². The first-order chi connectivity index (χ1) is 10.5. The second-order valence-corrected chi connectivity index (χ2v) is 6.51. The predicted molar refractivity (Wildman–Crippen MR) is 97.0 cm³/mol. The van der Waals surface area contributed by atoms with Crippen LogP contribution in [0.15, 0.2) is 47.3 Å². The molecule has 0 fully saturated rings. The molecule has 0 atom stereocenters. The molecule has 22 heavy (non-hydrogen) atoms. The fraction of sp³-hybridized carbons (Fsp3) is 0.0625. The van der Waals surface area contributed by atoms with Gasteiger partial charge in [0.1, 0.15) is 0 Å². The number of carbonyl (C=O) groups is 1. The zero-order chi connectivity index (χ0) is 15.9. The lowest BCUT2D eigenvalue weighted by atomic mass is 10.1. The van der Waals surface area contributed by atoms with E-state index in [2.05, 4.69) is 27.6 Å². The highest BCUT2D eigenvalue weighted by atomic mass is 127. The number of benzene rings is 2. The Labute approximate surface area is 144 Å². The molecule has 0 saturated heterocycles. The van der Waals surface area contributed by atoms with E-state index in [-0.39, 0.29) is 4.77 Å². The monoisotopic (exact) mass is 422 g/mol. The van der Waals surface area contributed by atoms with Gasteiger partial charge in [0.05, 0.1) is 10.9 Å². The second-order valence-electron chi connectivity index (χ2n) is 4.88. The van der Waals surface area contributed by atoms with Crippen molar-refractivity contribution in [3.05, 3.63) is 72.3 Å². The van der Waals surface area contributed by atoms with Crippen LogP contribution in [0.5, 0.6) is 0 Å². The summed E-state index contributed by atoms with van der Waals surface area (Å²) in [5, 5.41) is 0.447. The first kappa shape index (κ1) is 15.1. The molecular formula is C16H11IN2O2S. The largest absolute Gasteiger partial charge is 0.331 e. The summed E-state index contributed by atoms with van der Waals surface area (Å²) in [4.78, 5) is 28.3. The van der Waals surface area contributed by atoms with Crippen molar-refractivity contribution < 1.29 is 4.79 Å². The van der Waals surface area contributed by atoms with Crippen LogP contribution in [0.4, 0.5) is 0 Å². The minimum Gasteiger partial charge on any atom is -0.331 e. The minimum absolute atomic E-state index is 0.104.